The van der Waals surface area contributed by atoms with Crippen molar-refractivity contribution in [3.8, 4) is 0 Å². The second kappa shape index (κ2) is 5.28. The molecule has 19 heavy (non-hydrogen) atoms. The van der Waals surface area contributed by atoms with Crippen LogP contribution in [-0.2, 0) is 4.79 Å². The Morgan fingerprint density at radius 1 is 1.42 bits per heavy atom. The molecule has 3 rings (SSSR count). The molecule has 2 aliphatic heterocycles. The van der Waals surface area contributed by atoms with E-state index in [2.05, 4.69) is 15.3 Å². The van der Waals surface area contributed by atoms with Gasteiger partial charge in [-0.3, -0.25) is 4.79 Å². The summed E-state index contributed by atoms with van der Waals surface area (Å²) >= 11 is 0. The highest BCUT2D eigenvalue weighted by Gasteiger charge is 2.34. The molecule has 2 aliphatic rings. The topological polar surface area (TPSA) is 61.0 Å². The van der Waals surface area contributed by atoms with Crippen LogP contribution in [0.5, 0.6) is 0 Å². The Morgan fingerprint density at radius 3 is 2.79 bits per heavy atom. The average Bonchev–Trinajstić information content (AvgIpc) is 3.09. The molecule has 0 spiro atoms. The molecule has 2 atom stereocenters. The molecule has 0 aromatic carbocycles. The predicted octanol–water partition coefficient (Wildman–Crippen LogP) is 0.816. The second-order valence-electron chi connectivity index (χ2n) is 5.37. The third-order valence-corrected chi connectivity index (χ3v) is 4.09. The monoisotopic (exact) mass is 266 g/mol. The van der Waals surface area contributed by atoms with Crippen molar-refractivity contribution in [2.24, 2.45) is 0 Å². The zero-order valence-electron chi connectivity index (χ0n) is 10.8. The minimum atomic E-state index is -0.880. The minimum Gasteiger partial charge on any atom is -0.348 e. The second-order valence-corrected chi connectivity index (χ2v) is 5.37. The van der Waals surface area contributed by atoms with Crippen molar-refractivity contribution in [3.63, 3.8) is 0 Å². The number of likely N-dealkylation sites (tertiary alicyclic amines) is 1. The lowest BCUT2D eigenvalue weighted by Crippen LogP contribution is -2.46. The Hall–Kier alpha value is -1.43. The zero-order chi connectivity index (χ0) is 13.2. The molecule has 1 aromatic heterocycles. The van der Waals surface area contributed by atoms with Crippen LogP contribution in [0.1, 0.15) is 31.0 Å². The molecule has 2 fully saturated rings. The first kappa shape index (κ1) is 12.6. The van der Waals surface area contributed by atoms with Gasteiger partial charge in [-0.25, -0.2) is 9.37 Å². The average molecular weight is 266 g/mol. The predicted molar refractivity (Wildman–Crippen MR) is 68.4 cm³/mol. The summed E-state index contributed by atoms with van der Waals surface area (Å²) < 4.78 is 13.1. The molecule has 2 N–H and O–H groups in total. The van der Waals surface area contributed by atoms with Gasteiger partial charge >= 0.3 is 0 Å². The van der Waals surface area contributed by atoms with Crippen LogP contribution >= 0.6 is 0 Å². The zero-order valence-corrected chi connectivity index (χ0v) is 10.8. The first-order valence-electron chi connectivity index (χ1n) is 6.89. The number of hydrogen-bond acceptors (Lipinski definition) is 3. The Labute approximate surface area is 111 Å². The molecule has 0 aliphatic carbocycles. The third-order valence-electron chi connectivity index (χ3n) is 4.09. The molecular weight excluding hydrogens is 247 g/mol. The SMILES string of the molecule is O=C([C@H]1C[C@H](F)CN1)N1CCC(c2ncc[nH]2)CC1. The van der Waals surface area contributed by atoms with Crippen molar-refractivity contribution in [1.29, 1.82) is 0 Å². The standard InChI is InChI=1S/C13H19FN4O/c14-10-7-11(17-8-10)13(19)18-5-1-9(2-6-18)12-15-3-4-16-12/h3-4,9-11,17H,1-2,5-8H2,(H,15,16)/t10-,11+/m0/s1. The molecule has 104 valence electrons. The van der Waals surface area contributed by atoms with Crippen LogP contribution in [0.2, 0.25) is 0 Å². The van der Waals surface area contributed by atoms with Crippen molar-refractivity contribution in [2.45, 2.75) is 37.4 Å². The number of rotatable bonds is 2. The molecule has 1 aromatic rings. The maximum Gasteiger partial charge on any atom is 0.239 e. The van der Waals surface area contributed by atoms with Gasteiger partial charge in [-0.15, -0.1) is 0 Å². The summed E-state index contributed by atoms with van der Waals surface area (Å²) in [5, 5.41) is 2.96. The third kappa shape index (κ3) is 2.63. The number of piperidine rings is 1. The van der Waals surface area contributed by atoms with Gasteiger partial charge in [-0.2, -0.15) is 0 Å². The summed E-state index contributed by atoms with van der Waals surface area (Å²) in [6.07, 6.45) is 4.87. The van der Waals surface area contributed by atoms with Gasteiger partial charge < -0.3 is 15.2 Å². The fraction of sp³-hybridized carbons (Fsp3) is 0.692. The molecule has 3 heterocycles. The van der Waals surface area contributed by atoms with Crippen molar-refractivity contribution in [1.82, 2.24) is 20.2 Å². The van der Waals surface area contributed by atoms with Gasteiger partial charge in [-0.1, -0.05) is 0 Å². The fourth-order valence-corrected chi connectivity index (χ4v) is 2.98. The quantitative estimate of drug-likeness (QED) is 0.833. The number of hydrogen-bond donors (Lipinski definition) is 2. The van der Waals surface area contributed by atoms with Gasteiger partial charge in [0.15, 0.2) is 0 Å². The van der Waals surface area contributed by atoms with Crippen LogP contribution in [0.15, 0.2) is 12.4 Å². The molecule has 5 nitrogen and oxygen atoms in total. The first-order chi connectivity index (χ1) is 9.24. The summed E-state index contributed by atoms with van der Waals surface area (Å²) in [4.78, 5) is 21.5. The summed E-state index contributed by atoms with van der Waals surface area (Å²) in [6, 6.07) is -0.324. The Kier molecular flexibility index (Phi) is 3.50. The largest absolute Gasteiger partial charge is 0.348 e. The number of nitrogens with zero attached hydrogens (tertiary/aromatic N) is 2. The smallest absolute Gasteiger partial charge is 0.239 e. The highest BCUT2D eigenvalue weighted by atomic mass is 19.1. The van der Waals surface area contributed by atoms with Crippen LogP contribution in [0.25, 0.3) is 0 Å². The van der Waals surface area contributed by atoms with Crippen LogP contribution in [0, 0.1) is 0 Å². The van der Waals surface area contributed by atoms with Crippen LogP contribution in [0.3, 0.4) is 0 Å². The van der Waals surface area contributed by atoms with E-state index in [-0.39, 0.29) is 11.9 Å². The van der Waals surface area contributed by atoms with Gasteiger partial charge in [0.05, 0.1) is 6.04 Å². The van der Waals surface area contributed by atoms with E-state index in [1.807, 2.05) is 11.1 Å². The van der Waals surface area contributed by atoms with Gasteiger partial charge in [0.1, 0.15) is 12.0 Å². The lowest BCUT2D eigenvalue weighted by atomic mass is 9.95. The van der Waals surface area contributed by atoms with E-state index in [9.17, 15) is 9.18 Å². The van der Waals surface area contributed by atoms with Crippen molar-refractivity contribution < 1.29 is 9.18 Å². The number of aromatic nitrogens is 2. The number of carbonyl (C=O) groups excluding carboxylic acids is 1. The molecule has 0 unspecified atom stereocenters. The number of aromatic amines is 1. The molecule has 1 amide bonds. The molecule has 0 radical (unpaired) electrons. The van der Waals surface area contributed by atoms with Crippen LogP contribution in [0.4, 0.5) is 4.39 Å². The highest BCUT2D eigenvalue weighted by molar-refractivity contribution is 5.82. The van der Waals surface area contributed by atoms with E-state index in [0.29, 0.717) is 18.9 Å². The maximum absolute atomic E-state index is 13.1. The van der Waals surface area contributed by atoms with Crippen molar-refractivity contribution in [3.05, 3.63) is 18.2 Å². The van der Waals surface area contributed by atoms with Crippen molar-refractivity contribution >= 4 is 5.91 Å². The summed E-state index contributed by atoms with van der Waals surface area (Å²) in [5.41, 5.74) is 0. The lowest BCUT2D eigenvalue weighted by Gasteiger charge is -2.32. The number of halogens is 1. The Morgan fingerprint density at radius 2 is 2.21 bits per heavy atom. The van der Waals surface area contributed by atoms with Gasteiger partial charge in [-0.05, 0) is 12.8 Å². The van der Waals surface area contributed by atoms with Crippen LogP contribution < -0.4 is 5.32 Å². The van der Waals surface area contributed by atoms with Crippen LogP contribution in [-0.4, -0.2) is 52.6 Å². The normalized spacial score (nSPS) is 28.8. The number of H-pyrrole nitrogens is 1. The van der Waals surface area contributed by atoms with Gasteiger partial charge in [0.2, 0.25) is 5.91 Å². The summed E-state index contributed by atoms with van der Waals surface area (Å²) in [5.74, 6) is 1.47. The van der Waals surface area contributed by atoms with Gasteiger partial charge in [0, 0.05) is 44.4 Å². The summed E-state index contributed by atoms with van der Waals surface area (Å²) in [7, 11) is 0. The Balaban J connectivity index is 1.54. The molecule has 6 heteroatoms. The molecular formula is C13H19FN4O. The number of carbonyl (C=O) groups is 1. The molecule has 2 saturated heterocycles. The van der Waals surface area contributed by atoms with E-state index in [0.717, 1.165) is 31.8 Å². The maximum atomic E-state index is 13.1. The molecule has 0 bridgehead atoms. The number of nitrogens with one attached hydrogen (secondary N) is 2. The fourth-order valence-electron chi connectivity index (χ4n) is 2.98. The number of imidazole rings is 1. The summed E-state index contributed by atoms with van der Waals surface area (Å²) in [6.45, 7) is 1.78. The highest BCUT2D eigenvalue weighted by Crippen LogP contribution is 2.26. The molecule has 0 saturated carbocycles. The number of amides is 1. The van der Waals surface area contributed by atoms with E-state index < -0.39 is 6.17 Å². The lowest BCUT2D eigenvalue weighted by molar-refractivity contribution is -0.134. The van der Waals surface area contributed by atoms with E-state index in [4.69, 9.17) is 0 Å². The minimum absolute atomic E-state index is 0.0537. The van der Waals surface area contributed by atoms with E-state index in [1.165, 1.54) is 0 Å². The van der Waals surface area contributed by atoms with Gasteiger partial charge in [0.25, 0.3) is 0 Å². The number of alkyl halides is 1. The van der Waals surface area contributed by atoms with Crippen molar-refractivity contribution in [2.75, 3.05) is 19.6 Å². The first-order valence-corrected chi connectivity index (χ1v) is 6.89. The van der Waals surface area contributed by atoms with E-state index >= 15 is 0 Å². The Bertz CT molecular complexity index is 428. The van der Waals surface area contributed by atoms with E-state index in [1.54, 1.807) is 6.20 Å².